The van der Waals surface area contributed by atoms with E-state index in [-0.39, 0.29) is 16.1 Å². The molecule has 118 valence electrons. The molecule has 0 aliphatic heterocycles. The molecule has 2 N–H and O–H groups in total. The molecule has 0 saturated carbocycles. The zero-order chi connectivity index (χ0) is 17.2. The van der Waals surface area contributed by atoms with Crippen LogP contribution in [-0.2, 0) is 10.0 Å². The second-order valence-corrected chi connectivity index (χ2v) is 6.68. The smallest absolute Gasteiger partial charge is 0.335 e. The van der Waals surface area contributed by atoms with Crippen molar-refractivity contribution in [2.45, 2.75) is 18.7 Å². The number of rotatable bonds is 4. The minimum absolute atomic E-state index is 0.0662. The monoisotopic (exact) mass is 330 g/mol. The lowest BCUT2D eigenvalue weighted by molar-refractivity contribution is 0.0696. The Labute approximate surface area is 134 Å². The highest BCUT2D eigenvalue weighted by molar-refractivity contribution is 7.92. The fraction of sp³-hybridized carbons (Fsp3) is 0.125. The number of anilines is 1. The van der Waals surface area contributed by atoms with E-state index >= 15 is 0 Å². The Morgan fingerprint density at radius 1 is 1.13 bits per heavy atom. The van der Waals surface area contributed by atoms with Gasteiger partial charge >= 0.3 is 5.97 Å². The van der Waals surface area contributed by atoms with Gasteiger partial charge in [-0.05, 0) is 61.4 Å². The van der Waals surface area contributed by atoms with Crippen LogP contribution in [0.25, 0.3) is 0 Å². The summed E-state index contributed by atoms with van der Waals surface area (Å²) in [6.45, 7) is 3.20. The molecule has 2 aromatic rings. The van der Waals surface area contributed by atoms with E-state index in [1.807, 2.05) is 6.07 Å². The predicted molar refractivity (Wildman–Crippen MR) is 84.8 cm³/mol. The Balaban J connectivity index is 2.37. The molecule has 0 saturated heterocycles. The number of nitrogens with zero attached hydrogens (tertiary/aromatic N) is 1. The van der Waals surface area contributed by atoms with Crippen LogP contribution in [0.5, 0.6) is 0 Å². The van der Waals surface area contributed by atoms with Crippen LogP contribution in [0, 0.1) is 25.2 Å². The largest absolute Gasteiger partial charge is 0.478 e. The van der Waals surface area contributed by atoms with Crippen molar-refractivity contribution in [2.75, 3.05) is 4.72 Å². The number of nitriles is 1. The minimum atomic E-state index is -3.83. The van der Waals surface area contributed by atoms with Gasteiger partial charge in [0.2, 0.25) is 0 Å². The molecule has 23 heavy (non-hydrogen) atoms. The lowest BCUT2D eigenvalue weighted by Gasteiger charge is -2.12. The van der Waals surface area contributed by atoms with E-state index in [4.69, 9.17) is 10.4 Å². The van der Waals surface area contributed by atoms with Gasteiger partial charge in [-0.1, -0.05) is 0 Å². The van der Waals surface area contributed by atoms with Gasteiger partial charge in [0.1, 0.15) is 0 Å². The van der Waals surface area contributed by atoms with Gasteiger partial charge in [-0.15, -0.1) is 0 Å². The van der Waals surface area contributed by atoms with Crippen molar-refractivity contribution in [1.29, 1.82) is 5.26 Å². The van der Waals surface area contributed by atoms with Crippen LogP contribution in [0.15, 0.2) is 41.3 Å². The number of carboxylic acids is 1. The van der Waals surface area contributed by atoms with Crippen molar-refractivity contribution in [3.8, 4) is 6.07 Å². The first-order valence-electron chi connectivity index (χ1n) is 6.62. The summed E-state index contributed by atoms with van der Waals surface area (Å²) in [5.41, 5.74) is 1.67. The van der Waals surface area contributed by atoms with Crippen molar-refractivity contribution in [3.63, 3.8) is 0 Å². The summed E-state index contributed by atoms with van der Waals surface area (Å²) < 4.78 is 27.3. The van der Waals surface area contributed by atoms with Crippen LogP contribution in [0.1, 0.15) is 27.0 Å². The first kappa shape index (κ1) is 16.5. The van der Waals surface area contributed by atoms with Crippen molar-refractivity contribution >= 4 is 21.7 Å². The molecule has 0 aliphatic carbocycles. The van der Waals surface area contributed by atoms with E-state index in [1.165, 1.54) is 36.4 Å². The quantitative estimate of drug-likeness (QED) is 0.896. The fourth-order valence-corrected chi connectivity index (χ4v) is 3.47. The third kappa shape index (κ3) is 3.49. The Bertz CT molecular complexity index is 928. The van der Waals surface area contributed by atoms with Crippen molar-refractivity contribution in [3.05, 3.63) is 58.7 Å². The molecular weight excluding hydrogens is 316 g/mol. The predicted octanol–water partition coefficient (Wildman–Crippen LogP) is 2.67. The number of nitrogens with one attached hydrogen (secondary N) is 1. The Hall–Kier alpha value is -2.85. The van der Waals surface area contributed by atoms with Gasteiger partial charge in [0.25, 0.3) is 10.0 Å². The van der Waals surface area contributed by atoms with Gasteiger partial charge in [0.05, 0.1) is 22.1 Å². The average Bonchev–Trinajstić information content (AvgIpc) is 2.45. The van der Waals surface area contributed by atoms with E-state index in [9.17, 15) is 13.2 Å². The summed E-state index contributed by atoms with van der Waals surface area (Å²) in [5, 5.41) is 17.8. The van der Waals surface area contributed by atoms with Gasteiger partial charge in [0.15, 0.2) is 0 Å². The molecule has 0 bridgehead atoms. The van der Waals surface area contributed by atoms with Crippen LogP contribution in [-0.4, -0.2) is 19.5 Å². The maximum Gasteiger partial charge on any atom is 0.335 e. The molecule has 0 radical (unpaired) electrons. The third-order valence-corrected chi connectivity index (χ3v) is 4.84. The van der Waals surface area contributed by atoms with Crippen molar-refractivity contribution in [1.82, 2.24) is 0 Å². The molecule has 2 aromatic carbocycles. The summed E-state index contributed by atoms with van der Waals surface area (Å²) in [7, 11) is -3.83. The molecule has 0 aromatic heterocycles. The Kier molecular flexibility index (Phi) is 4.38. The van der Waals surface area contributed by atoms with Crippen molar-refractivity contribution < 1.29 is 18.3 Å². The van der Waals surface area contributed by atoms with Crippen LogP contribution >= 0.6 is 0 Å². The van der Waals surface area contributed by atoms with Crippen molar-refractivity contribution in [2.24, 2.45) is 0 Å². The molecule has 7 heteroatoms. The van der Waals surface area contributed by atoms with Crippen LogP contribution in [0.3, 0.4) is 0 Å². The number of hydrogen-bond donors (Lipinski definition) is 2. The van der Waals surface area contributed by atoms with E-state index in [0.717, 1.165) is 0 Å². The highest BCUT2D eigenvalue weighted by Crippen LogP contribution is 2.22. The average molecular weight is 330 g/mol. The molecular formula is C16H14N2O4S. The summed E-state index contributed by atoms with van der Waals surface area (Å²) >= 11 is 0. The molecule has 0 unspecified atom stereocenters. The zero-order valence-electron chi connectivity index (χ0n) is 12.5. The zero-order valence-corrected chi connectivity index (χ0v) is 13.3. The normalized spacial score (nSPS) is 10.8. The summed E-state index contributed by atoms with van der Waals surface area (Å²) in [6, 6.07) is 10.4. The van der Waals surface area contributed by atoms with E-state index in [2.05, 4.69) is 4.72 Å². The molecule has 0 spiro atoms. The highest BCUT2D eigenvalue weighted by Gasteiger charge is 2.18. The molecule has 0 fully saturated rings. The van der Waals surface area contributed by atoms with Crippen LogP contribution < -0.4 is 4.72 Å². The first-order valence-corrected chi connectivity index (χ1v) is 8.10. The van der Waals surface area contributed by atoms with Gasteiger partial charge in [-0.2, -0.15) is 5.26 Å². The van der Waals surface area contributed by atoms with E-state index < -0.39 is 16.0 Å². The number of hydrogen-bond acceptors (Lipinski definition) is 4. The van der Waals surface area contributed by atoms with Gasteiger partial charge in [-0.3, -0.25) is 4.72 Å². The van der Waals surface area contributed by atoms with Gasteiger partial charge < -0.3 is 5.11 Å². The number of aromatic carboxylic acids is 1. The lowest BCUT2D eigenvalue weighted by Crippen LogP contribution is -2.14. The number of benzene rings is 2. The Morgan fingerprint density at radius 2 is 1.83 bits per heavy atom. The van der Waals surface area contributed by atoms with Crippen LogP contribution in [0.2, 0.25) is 0 Å². The number of carbonyl (C=O) groups is 1. The van der Waals surface area contributed by atoms with Gasteiger partial charge in [0, 0.05) is 5.69 Å². The number of sulfonamides is 1. The fourth-order valence-electron chi connectivity index (χ4n) is 2.20. The highest BCUT2D eigenvalue weighted by atomic mass is 32.2. The van der Waals surface area contributed by atoms with Crippen LogP contribution in [0.4, 0.5) is 5.69 Å². The second-order valence-electron chi connectivity index (χ2n) is 5.03. The molecule has 0 heterocycles. The Morgan fingerprint density at radius 3 is 2.35 bits per heavy atom. The SMILES string of the molecule is Cc1cc(NS(=O)(=O)c2ccc(C#N)cc2C)ccc1C(=O)O. The maximum atomic E-state index is 12.4. The third-order valence-electron chi connectivity index (χ3n) is 3.30. The molecule has 0 aliphatic rings. The summed E-state index contributed by atoms with van der Waals surface area (Å²) in [6.07, 6.45) is 0. The summed E-state index contributed by atoms with van der Waals surface area (Å²) in [5.74, 6) is -1.07. The lowest BCUT2D eigenvalue weighted by atomic mass is 10.1. The molecule has 6 nitrogen and oxygen atoms in total. The standard InChI is InChI=1S/C16H14N2O4S/c1-10-8-13(4-5-14(10)16(19)20)18-23(21,22)15-6-3-12(9-17)7-11(15)2/h3-8,18H,1-2H3,(H,19,20). The summed E-state index contributed by atoms with van der Waals surface area (Å²) in [4.78, 5) is 11.0. The van der Waals surface area contributed by atoms with E-state index in [0.29, 0.717) is 16.7 Å². The van der Waals surface area contributed by atoms with Gasteiger partial charge in [-0.25, -0.2) is 13.2 Å². The second kappa shape index (κ2) is 6.10. The number of aryl methyl sites for hydroxylation is 2. The number of carboxylic acid groups (broad SMARTS) is 1. The minimum Gasteiger partial charge on any atom is -0.478 e. The maximum absolute atomic E-state index is 12.4. The molecule has 2 rings (SSSR count). The topological polar surface area (TPSA) is 107 Å². The molecule has 0 atom stereocenters. The first-order chi connectivity index (χ1) is 10.7. The molecule has 0 amide bonds. The van der Waals surface area contributed by atoms with E-state index in [1.54, 1.807) is 13.8 Å².